The summed E-state index contributed by atoms with van der Waals surface area (Å²) in [7, 11) is 0. The zero-order valence-electron chi connectivity index (χ0n) is 20.5. The highest BCUT2D eigenvalue weighted by Crippen LogP contribution is 2.33. The molecule has 0 aliphatic carbocycles. The van der Waals surface area contributed by atoms with Crippen LogP contribution in [-0.4, -0.2) is 38.9 Å². The van der Waals surface area contributed by atoms with E-state index >= 15 is 0 Å². The number of nitrogens with two attached hydrogens (primary N) is 1. The number of aryl methyl sites for hydroxylation is 1. The summed E-state index contributed by atoms with van der Waals surface area (Å²) in [5.41, 5.74) is 9.63. The number of aromatic nitrogens is 2. The normalized spacial score (nSPS) is 13.3. The lowest BCUT2D eigenvalue weighted by molar-refractivity contribution is -0.130. The monoisotopic (exact) mass is 490 g/mol. The number of amides is 2. The van der Waals surface area contributed by atoms with E-state index in [0.29, 0.717) is 24.5 Å². The minimum absolute atomic E-state index is 0.0689. The van der Waals surface area contributed by atoms with E-state index in [2.05, 4.69) is 10.6 Å². The van der Waals surface area contributed by atoms with Crippen LogP contribution in [0.3, 0.4) is 0 Å². The first-order chi connectivity index (χ1) is 17.3. The van der Waals surface area contributed by atoms with Crippen molar-refractivity contribution in [2.45, 2.75) is 45.7 Å². The number of carbonyl (C=O) groups excluding carboxylic acids is 2. The summed E-state index contributed by atoms with van der Waals surface area (Å²) >= 11 is 0. The Morgan fingerprint density at radius 3 is 2.50 bits per heavy atom. The number of unbranched alkanes of at least 4 members (excludes halogenated alkanes) is 1. The quantitative estimate of drug-likeness (QED) is 0.391. The number of benzene rings is 2. The molecule has 0 fully saturated rings. The summed E-state index contributed by atoms with van der Waals surface area (Å²) in [5, 5.41) is 6.18. The molecule has 1 aliphatic heterocycles. The lowest BCUT2D eigenvalue weighted by Crippen LogP contribution is -2.42. The Hall–Kier alpha value is -3.98. The van der Waals surface area contributed by atoms with Gasteiger partial charge >= 0.3 is 0 Å². The molecule has 1 aliphatic rings. The Morgan fingerprint density at radius 1 is 1.08 bits per heavy atom. The largest absolute Gasteiger partial charge is 0.356 e. The molecule has 2 aromatic carbocycles. The SMILES string of the molecule is CC(=O)NCCCCC(N)C(=O)N1C=Cn2c(nc(-c3ccc(F)cc3)c2Nc2ccc(C)cc2)C1. The van der Waals surface area contributed by atoms with Gasteiger partial charge < -0.3 is 21.3 Å². The molecule has 9 heteroatoms. The fraction of sp³-hybridized carbons (Fsp3) is 0.296. The second-order valence-corrected chi connectivity index (χ2v) is 8.94. The molecule has 0 saturated carbocycles. The van der Waals surface area contributed by atoms with Crippen LogP contribution in [-0.2, 0) is 16.1 Å². The Bertz CT molecular complexity index is 1250. The van der Waals surface area contributed by atoms with Crippen molar-refractivity contribution in [3.63, 3.8) is 0 Å². The maximum atomic E-state index is 13.6. The van der Waals surface area contributed by atoms with Gasteiger partial charge in [0.1, 0.15) is 23.2 Å². The molecule has 1 unspecified atom stereocenters. The van der Waals surface area contributed by atoms with Gasteiger partial charge in [0.2, 0.25) is 11.8 Å². The van der Waals surface area contributed by atoms with E-state index in [4.69, 9.17) is 10.7 Å². The summed E-state index contributed by atoms with van der Waals surface area (Å²) in [5.74, 6) is 0.819. The third-order valence-corrected chi connectivity index (χ3v) is 6.04. The van der Waals surface area contributed by atoms with Crippen LogP contribution in [0.2, 0.25) is 0 Å². The van der Waals surface area contributed by atoms with Crippen LogP contribution in [0.1, 0.15) is 37.6 Å². The summed E-state index contributed by atoms with van der Waals surface area (Å²) in [4.78, 5) is 30.3. The van der Waals surface area contributed by atoms with Gasteiger partial charge in [0.15, 0.2) is 0 Å². The molecule has 0 spiro atoms. The number of rotatable bonds is 9. The van der Waals surface area contributed by atoms with Gasteiger partial charge in [0.25, 0.3) is 0 Å². The molecule has 4 rings (SSSR count). The van der Waals surface area contributed by atoms with Gasteiger partial charge in [-0.05, 0) is 62.6 Å². The smallest absolute Gasteiger partial charge is 0.243 e. The van der Waals surface area contributed by atoms with E-state index in [1.807, 2.05) is 35.8 Å². The summed E-state index contributed by atoms with van der Waals surface area (Å²) < 4.78 is 15.5. The number of nitrogens with zero attached hydrogens (tertiary/aromatic N) is 3. The number of fused-ring (bicyclic) bond motifs is 1. The van der Waals surface area contributed by atoms with Gasteiger partial charge in [-0.3, -0.25) is 14.2 Å². The Kier molecular flexibility index (Phi) is 7.80. The van der Waals surface area contributed by atoms with Crippen LogP contribution in [0.25, 0.3) is 17.5 Å². The van der Waals surface area contributed by atoms with Gasteiger partial charge in [-0.15, -0.1) is 0 Å². The number of halogens is 1. The molecule has 1 aromatic heterocycles. The predicted octanol–water partition coefficient (Wildman–Crippen LogP) is 4.15. The van der Waals surface area contributed by atoms with Crippen molar-refractivity contribution < 1.29 is 14.0 Å². The predicted molar refractivity (Wildman–Crippen MR) is 138 cm³/mol. The Balaban J connectivity index is 1.52. The minimum atomic E-state index is -0.643. The average molecular weight is 491 g/mol. The molecule has 4 N–H and O–H groups in total. The van der Waals surface area contributed by atoms with Crippen molar-refractivity contribution in [3.05, 3.63) is 71.9 Å². The van der Waals surface area contributed by atoms with E-state index in [-0.39, 0.29) is 24.2 Å². The molecule has 2 amide bonds. The summed E-state index contributed by atoms with van der Waals surface area (Å²) in [6.07, 6.45) is 5.52. The first-order valence-corrected chi connectivity index (χ1v) is 12.0. The lowest BCUT2D eigenvalue weighted by Gasteiger charge is -2.25. The highest BCUT2D eigenvalue weighted by molar-refractivity contribution is 5.84. The Labute approximate surface area is 210 Å². The minimum Gasteiger partial charge on any atom is -0.356 e. The highest BCUT2D eigenvalue weighted by atomic mass is 19.1. The zero-order chi connectivity index (χ0) is 25.7. The van der Waals surface area contributed by atoms with Crippen molar-refractivity contribution in [3.8, 4) is 11.3 Å². The van der Waals surface area contributed by atoms with Crippen molar-refractivity contribution in [2.75, 3.05) is 11.9 Å². The molecule has 3 aromatic rings. The molecule has 8 nitrogen and oxygen atoms in total. The number of hydrogen-bond acceptors (Lipinski definition) is 5. The third kappa shape index (κ3) is 5.98. The topological polar surface area (TPSA) is 105 Å². The van der Waals surface area contributed by atoms with Crippen molar-refractivity contribution in [1.29, 1.82) is 0 Å². The molecule has 2 heterocycles. The van der Waals surface area contributed by atoms with Crippen LogP contribution in [0.15, 0.2) is 54.7 Å². The number of carbonyl (C=O) groups is 2. The van der Waals surface area contributed by atoms with Crippen molar-refractivity contribution >= 4 is 29.5 Å². The van der Waals surface area contributed by atoms with Gasteiger partial charge in [-0.2, -0.15) is 0 Å². The number of hydrogen-bond donors (Lipinski definition) is 3. The highest BCUT2D eigenvalue weighted by Gasteiger charge is 2.26. The van der Waals surface area contributed by atoms with Crippen LogP contribution >= 0.6 is 0 Å². The van der Waals surface area contributed by atoms with E-state index < -0.39 is 6.04 Å². The van der Waals surface area contributed by atoms with Gasteiger partial charge in [0.05, 0.1) is 12.6 Å². The van der Waals surface area contributed by atoms with E-state index in [1.54, 1.807) is 29.4 Å². The van der Waals surface area contributed by atoms with Crippen molar-refractivity contribution in [2.24, 2.45) is 5.73 Å². The summed E-state index contributed by atoms with van der Waals surface area (Å²) in [6, 6.07) is 13.5. The molecular weight excluding hydrogens is 459 g/mol. The first-order valence-electron chi connectivity index (χ1n) is 12.0. The fourth-order valence-corrected chi connectivity index (χ4v) is 4.05. The van der Waals surface area contributed by atoms with Crippen LogP contribution in [0, 0.1) is 12.7 Å². The molecule has 0 radical (unpaired) electrons. The van der Waals surface area contributed by atoms with E-state index in [0.717, 1.165) is 35.5 Å². The molecule has 1 atom stereocenters. The van der Waals surface area contributed by atoms with E-state index in [9.17, 15) is 14.0 Å². The van der Waals surface area contributed by atoms with Gasteiger partial charge in [0, 0.05) is 37.1 Å². The molecule has 0 saturated heterocycles. The van der Waals surface area contributed by atoms with E-state index in [1.165, 1.54) is 19.1 Å². The van der Waals surface area contributed by atoms with Gasteiger partial charge in [-0.25, -0.2) is 9.37 Å². The third-order valence-electron chi connectivity index (χ3n) is 6.04. The lowest BCUT2D eigenvalue weighted by atomic mass is 10.1. The van der Waals surface area contributed by atoms with Crippen LogP contribution in [0.5, 0.6) is 0 Å². The van der Waals surface area contributed by atoms with Crippen LogP contribution in [0.4, 0.5) is 15.9 Å². The maximum absolute atomic E-state index is 13.6. The van der Waals surface area contributed by atoms with Crippen molar-refractivity contribution in [1.82, 2.24) is 19.8 Å². The molecule has 188 valence electrons. The second-order valence-electron chi connectivity index (χ2n) is 8.94. The molecule has 36 heavy (non-hydrogen) atoms. The van der Waals surface area contributed by atoms with Gasteiger partial charge in [-0.1, -0.05) is 17.7 Å². The fourth-order valence-electron chi connectivity index (χ4n) is 4.05. The summed E-state index contributed by atoms with van der Waals surface area (Å²) in [6.45, 7) is 4.33. The second kappa shape index (κ2) is 11.2. The number of nitrogens with one attached hydrogen (secondary N) is 2. The maximum Gasteiger partial charge on any atom is 0.243 e. The van der Waals surface area contributed by atoms with Crippen LogP contribution < -0.4 is 16.4 Å². The molecular formula is C27H31FN6O2. The standard InChI is InChI=1S/C27H31FN6O2/c1-18-6-12-22(13-7-18)31-26-25(20-8-10-21(28)11-9-20)32-24-17-33(15-16-34(24)26)27(36)23(29)5-3-4-14-30-19(2)35/h6-13,15-16,23,31H,3-5,14,17,29H2,1-2H3,(H,30,35). The number of anilines is 2. The Morgan fingerprint density at radius 2 is 1.81 bits per heavy atom. The zero-order valence-corrected chi connectivity index (χ0v) is 20.5. The molecule has 0 bridgehead atoms. The first kappa shape index (κ1) is 25.1. The number of imidazole rings is 1. The average Bonchev–Trinajstić information content (AvgIpc) is 3.22.